The minimum absolute atomic E-state index is 0.0911. The summed E-state index contributed by atoms with van der Waals surface area (Å²) in [6.07, 6.45) is -4.73. The van der Waals surface area contributed by atoms with E-state index < -0.39 is 34.1 Å². The van der Waals surface area contributed by atoms with Crippen molar-refractivity contribution < 1.29 is 41.0 Å². The summed E-state index contributed by atoms with van der Waals surface area (Å²) in [6.45, 7) is 5.41. The van der Waals surface area contributed by atoms with E-state index in [4.69, 9.17) is 4.74 Å². The van der Waals surface area contributed by atoms with Crippen LogP contribution in [0.15, 0.2) is 47.4 Å². The van der Waals surface area contributed by atoms with E-state index in [1.807, 2.05) is 6.92 Å². The molecule has 12 heteroatoms. The Morgan fingerprint density at radius 2 is 1.82 bits per heavy atom. The van der Waals surface area contributed by atoms with Crippen molar-refractivity contribution in [3.05, 3.63) is 42.5 Å². The first-order chi connectivity index (χ1) is 15.9. The van der Waals surface area contributed by atoms with Crippen LogP contribution in [0.3, 0.4) is 0 Å². The molecule has 2 aromatic carbocycles. The zero-order chi connectivity index (χ0) is 25.5. The van der Waals surface area contributed by atoms with Gasteiger partial charge in [0.2, 0.25) is 0 Å². The maximum atomic E-state index is 12.9. The molecule has 0 bridgehead atoms. The molecular formula is C22H27F3N2O6S. The van der Waals surface area contributed by atoms with Crippen molar-refractivity contribution in [3.8, 4) is 11.5 Å². The van der Waals surface area contributed by atoms with Crippen LogP contribution in [0.1, 0.15) is 33.6 Å². The van der Waals surface area contributed by atoms with E-state index >= 15 is 0 Å². The van der Waals surface area contributed by atoms with Gasteiger partial charge in [-0.15, -0.1) is 13.2 Å². The van der Waals surface area contributed by atoms with Crippen LogP contribution >= 0.6 is 0 Å². The smallest absolute Gasteiger partial charge is 0.492 e. The SMILES string of the molecule is CCC[C@H](C)[C@H](O)C(=O)Nc1ccc(S(=O)(=O)Nc2cccc(OC(F)(F)F)c2)c(OCC)c1. The Bertz CT molecular complexity index is 1090. The normalized spacial score (nSPS) is 13.6. The van der Waals surface area contributed by atoms with Gasteiger partial charge in [-0.1, -0.05) is 26.3 Å². The fraction of sp³-hybridized carbons (Fsp3) is 0.409. The van der Waals surface area contributed by atoms with Gasteiger partial charge in [-0.2, -0.15) is 0 Å². The van der Waals surface area contributed by atoms with Crippen molar-refractivity contribution in [2.24, 2.45) is 5.92 Å². The van der Waals surface area contributed by atoms with E-state index in [1.165, 1.54) is 30.3 Å². The number of ether oxygens (including phenoxy) is 2. The second kappa shape index (κ2) is 11.4. The second-order valence-electron chi connectivity index (χ2n) is 7.48. The number of rotatable bonds is 11. The molecule has 2 atom stereocenters. The first-order valence-corrected chi connectivity index (χ1v) is 12.0. The molecule has 0 heterocycles. The minimum Gasteiger partial charge on any atom is -0.492 e. The van der Waals surface area contributed by atoms with Gasteiger partial charge >= 0.3 is 6.36 Å². The van der Waals surface area contributed by atoms with Crippen LogP contribution in [0, 0.1) is 5.92 Å². The zero-order valence-corrected chi connectivity index (χ0v) is 19.7. The van der Waals surface area contributed by atoms with Crippen molar-refractivity contribution in [2.45, 2.75) is 51.0 Å². The standard InChI is InChI=1S/C22H27F3N2O6S/c1-4-7-14(3)20(28)21(29)26-15-10-11-19(18(13-15)32-5-2)34(30,31)27-16-8-6-9-17(12-16)33-22(23,24)25/h6,8-14,20,27-28H,4-5,7H2,1-3H3,(H,26,29)/t14-,20-/m0/s1. The van der Waals surface area contributed by atoms with Crippen LogP contribution in [-0.4, -0.2) is 38.5 Å². The summed E-state index contributed by atoms with van der Waals surface area (Å²) in [7, 11) is -4.28. The van der Waals surface area contributed by atoms with E-state index in [9.17, 15) is 31.5 Å². The summed E-state index contributed by atoms with van der Waals surface area (Å²) >= 11 is 0. The molecule has 0 saturated carbocycles. The molecule has 0 unspecified atom stereocenters. The maximum Gasteiger partial charge on any atom is 0.573 e. The topological polar surface area (TPSA) is 114 Å². The van der Waals surface area contributed by atoms with Crippen LogP contribution in [-0.2, 0) is 14.8 Å². The van der Waals surface area contributed by atoms with Crippen LogP contribution in [0.4, 0.5) is 24.5 Å². The number of aliphatic hydroxyl groups is 1. The number of benzene rings is 2. The van der Waals surface area contributed by atoms with Crippen molar-refractivity contribution in [3.63, 3.8) is 0 Å². The van der Waals surface area contributed by atoms with Crippen LogP contribution in [0.25, 0.3) is 0 Å². The second-order valence-corrected chi connectivity index (χ2v) is 9.13. The molecule has 0 aliphatic carbocycles. The highest BCUT2D eigenvalue weighted by molar-refractivity contribution is 7.92. The van der Waals surface area contributed by atoms with Crippen molar-refractivity contribution in [2.75, 3.05) is 16.6 Å². The van der Waals surface area contributed by atoms with E-state index in [0.29, 0.717) is 6.42 Å². The Balaban J connectivity index is 2.27. The number of alkyl halides is 3. The summed E-state index contributed by atoms with van der Waals surface area (Å²) in [5, 5.41) is 12.7. The van der Waals surface area contributed by atoms with Gasteiger partial charge in [0, 0.05) is 17.8 Å². The van der Waals surface area contributed by atoms with Gasteiger partial charge in [-0.25, -0.2) is 8.42 Å². The van der Waals surface area contributed by atoms with Gasteiger partial charge in [-0.3, -0.25) is 9.52 Å². The third kappa shape index (κ3) is 7.80. The molecule has 2 rings (SSSR count). The lowest BCUT2D eigenvalue weighted by Crippen LogP contribution is -2.33. The van der Waals surface area contributed by atoms with Gasteiger partial charge in [0.05, 0.1) is 12.3 Å². The molecular weight excluding hydrogens is 477 g/mol. The number of carbonyl (C=O) groups is 1. The minimum atomic E-state index is -4.93. The molecule has 0 aliphatic heterocycles. The van der Waals surface area contributed by atoms with E-state index in [2.05, 4.69) is 14.8 Å². The van der Waals surface area contributed by atoms with Gasteiger partial charge in [0.15, 0.2) is 0 Å². The molecule has 3 N–H and O–H groups in total. The Hall–Kier alpha value is -2.99. The quantitative estimate of drug-likeness (QED) is 0.415. The fourth-order valence-electron chi connectivity index (χ4n) is 3.13. The first kappa shape index (κ1) is 27.3. The third-order valence-electron chi connectivity index (χ3n) is 4.67. The predicted octanol–water partition coefficient (Wildman–Crippen LogP) is 4.52. The monoisotopic (exact) mass is 504 g/mol. The summed E-state index contributed by atoms with van der Waals surface area (Å²) in [6, 6.07) is 8.16. The molecule has 0 aliphatic rings. The highest BCUT2D eigenvalue weighted by Gasteiger charge is 2.31. The average molecular weight is 505 g/mol. The van der Waals surface area contributed by atoms with Crippen LogP contribution < -0.4 is 19.5 Å². The number of amides is 1. The highest BCUT2D eigenvalue weighted by atomic mass is 32.2. The van der Waals surface area contributed by atoms with Gasteiger partial charge in [0.1, 0.15) is 22.5 Å². The largest absolute Gasteiger partial charge is 0.573 e. The van der Waals surface area contributed by atoms with E-state index in [-0.39, 0.29) is 34.5 Å². The van der Waals surface area contributed by atoms with Crippen molar-refractivity contribution in [1.82, 2.24) is 0 Å². The Morgan fingerprint density at radius 3 is 2.44 bits per heavy atom. The summed E-state index contributed by atoms with van der Waals surface area (Å²) in [4.78, 5) is 12.0. The number of nitrogens with one attached hydrogen (secondary N) is 2. The molecule has 0 aromatic heterocycles. The number of halogens is 3. The van der Waals surface area contributed by atoms with Crippen molar-refractivity contribution >= 4 is 27.3 Å². The number of sulfonamides is 1. The van der Waals surface area contributed by atoms with Gasteiger partial charge < -0.3 is 19.9 Å². The molecule has 0 radical (unpaired) electrons. The Labute approximate surface area is 196 Å². The predicted molar refractivity (Wildman–Crippen MR) is 120 cm³/mol. The third-order valence-corrected chi connectivity index (χ3v) is 6.09. The number of hydrogen-bond acceptors (Lipinski definition) is 6. The molecule has 0 spiro atoms. The molecule has 8 nitrogen and oxygen atoms in total. The molecule has 188 valence electrons. The lowest BCUT2D eigenvalue weighted by Gasteiger charge is -2.19. The van der Waals surface area contributed by atoms with Crippen molar-refractivity contribution in [1.29, 1.82) is 0 Å². The molecule has 0 fully saturated rings. The van der Waals surface area contributed by atoms with Gasteiger partial charge in [0.25, 0.3) is 15.9 Å². The lowest BCUT2D eigenvalue weighted by molar-refractivity contribution is -0.274. The fourth-order valence-corrected chi connectivity index (χ4v) is 4.31. The van der Waals surface area contributed by atoms with Crippen LogP contribution in [0.5, 0.6) is 11.5 Å². The molecule has 0 saturated heterocycles. The lowest BCUT2D eigenvalue weighted by atomic mass is 9.99. The molecule has 2 aromatic rings. The van der Waals surface area contributed by atoms with E-state index in [0.717, 1.165) is 18.6 Å². The number of carbonyl (C=O) groups excluding carboxylic acids is 1. The van der Waals surface area contributed by atoms with Gasteiger partial charge in [-0.05, 0) is 43.5 Å². The average Bonchev–Trinajstić information content (AvgIpc) is 2.72. The first-order valence-electron chi connectivity index (χ1n) is 10.5. The number of aliphatic hydroxyl groups excluding tert-OH is 1. The Kier molecular flexibility index (Phi) is 9.16. The highest BCUT2D eigenvalue weighted by Crippen LogP contribution is 2.31. The Morgan fingerprint density at radius 1 is 1.12 bits per heavy atom. The number of anilines is 2. The zero-order valence-electron chi connectivity index (χ0n) is 18.8. The summed E-state index contributed by atoms with van der Waals surface area (Å²) in [5.74, 6) is -1.59. The molecule has 1 amide bonds. The number of hydrogen-bond donors (Lipinski definition) is 3. The summed E-state index contributed by atoms with van der Waals surface area (Å²) < 4.78 is 74.6. The molecule has 34 heavy (non-hydrogen) atoms. The van der Waals surface area contributed by atoms with E-state index in [1.54, 1.807) is 13.8 Å². The maximum absolute atomic E-state index is 12.9. The van der Waals surface area contributed by atoms with Crippen LogP contribution in [0.2, 0.25) is 0 Å². The summed E-state index contributed by atoms with van der Waals surface area (Å²) in [5.41, 5.74) is 0.0466.